The number of nitrogens with two attached hydrogens (primary N) is 1. The van der Waals surface area contributed by atoms with Crippen LogP contribution in [0.5, 0.6) is 0 Å². The van der Waals surface area contributed by atoms with Gasteiger partial charge in [0.2, 0.25) is 10.0 Å². The SMILES string of the molecule is Nc1cc(C(=O)O)ccc1S(=O)(=O)NC1CC1. The number of sulfonamides is 1. The number of hydrogen-bond donors (Lipinski definition) is 3. The summed E-state index contributed by atoms with van der Waals surface area (Å²) in [4.78, 5) is 10.6. The van der Waals surface area contributed by atoms with E-state index in [2.05, 4.69) is 4.72 Å². The lowest BCUT2D eigenvalue weighted by atomic mass is 10.2. The summed E-state index contributed by atoms with van der Waals surface area (Å²) < 4.78 is 26.2. The van der Waals surface area contributed by atoms with Crippen molar-refractivity contribution in [1.29, 1.82) is 0 Å². The molecule has 0 atom stereocenters. The number of hydrogen-bond acceptors (Lipinski definition) is 4. The van der Waals surface area contributed by atoms with Gasteiger partial charge in [-0.3, -0.25) is 0 Å². The lowest BCUT2D eigenvalue weighted by Gasteiger charge is -2.08. The van der Waals surface area contributed by atoms with E-state index in [0.717, 1.165) is 18.9 Å². The number of aromatic carboxylic acids is 1. The number of nitrogen functional groups attached to an aromatic ring is 1. The van der Waals surface area contributed by atoms with Crippen LogP contribution in [-0.2, 0) is 10.0 Å². The van der Waals surface area contributed by atoms with Gasteiger partial charge in [-0.1, -0.05) is 0 Å². The van der Waals surface area contributed by atoms with E-state index in [4.69, 9.17) is 10.8 Å². The highest BCUT2D eigenvalue weighted by Gasteiger charge is 2.29. The molecule has 1 fully saturated rings. The number of carbonyl (C=O) groups is 1. The average Bonchev–Trinajstić information content (AvgIpc) is 3.00. The summed E-state index contributed by atoms with van der Waals surface area (Å²) in [5, 5.41) is 8.74. The number of carboxylic acids is 1. The molecule has 6 nitrogen and oxygen atoms in total. The summed E-state index contributed by atoms with van der Waals surface area (Å²) in [5.74, 6) is -1.14. The minimum atomic E-state index is -3.64. The molecular weight excluding hydrogens is 244 g/mol. The largest absolute Gasteiger partial charge is 0.478 e. The molecule has 1 aromatic rings. The third-order valence-corrected chi connectivity index (χ3v) is 4.04. The Balaban J connectivity index is 2.35. The molecule has 1 aromatic carbocycles. The van der Waals surface area contributed by atoms with Gasteiger partial charge in [-0.2, -0.15) is 0 Å². The first kappa shape index (κ1) is 11.9. The highest BCUT2D eigenvalue weighted by atomic mass is 32.2. The van der Waals surface area contributed by atoms with Gasteiger partial charge in [-0.05, 0) is 31.0 Å². The fourth-order valence-corrected chi connectivity index (χ4v) is 2.83. The summed E-state index contributed by atoms with van der Waals surface area (Å²) in [6.07, 6.45) is 1.65. The zero-order valence-electron chi connectivity index (χ0n) is 8.88. The summed E-state index contributed by atoms with van der Waals surface area (Å²) in [6.45, 7) is 0. The van der Waals surface area contributed by atoms with E-state index in [0.29, 0.717) is 0 Å². The number of benzene rings is 1. The first-order chi connectivity index (χ1) is 7.90. The standard InChI is InChI=1S/C10H12N2O4S/c11-8-5-6(10(13)14)1-4-9(8)17(15,16)12-7-2-3-7/h1,4-5,7,12H,2-3,11H2,(H,13,14). The molecule has 1 saturated carbocycles. The van der Waals surface area contributed by atoms with Crippen molar-refractivity contribution in [3.05, 3.63) is 23.8 Å². The maximum Gasteiger partial charge on any atom is 0.335 e. The Morgan fingerprint density at radius 1 is 1.41 bits per heavy atom. The quantitative estimate of drug-likeness (QED) is 0.676. The van der Waals surface area contributed by atoms with Crippen molar-refractivity contribution in [2.24, 2.45) is 0 Å². The Bertz CT molecular complexity index is 564. The maximum absolute atomic E-state index is 11.8. The molecule has 4 N–H and O–H groups in total. The molecule has 0 aromatic heterocycles. The van der Waals surface area contributed by atoms with E-state index in [1.54, 1.807) is 0 Å². The highest BCUT2D eigenvalue weighted by molar-refractivity contribution is 7.89. The molecule has 0 unspecified atom stereocenters. The fraction of sp³-hybridized carbons (Fsp3) is 0.300. The number of rotatable bonds is 4. The van der Waals surface area contributed by atoms with Gasteiger partial charge < -0.3 is 10.8 Å². The van der Waals surface area contributed by atoms with Crippen molar-refractivity contribution in [2.45, 2.75) is 23.8 Å². The van der Waals surface area contributed by atoms with Gasteiger partial charge in [0.15, 0.2) is 0 Å². The van der Waals surface area contributed by atoms with Crippen LogP contribution < -0.4 is 10.5 Å². The Hall–Kier alpha value is -1.60. The highest BCUT2D eigenvalue weighted by Crippen LogP contribution is 2.25. The normalized spacial score (nSPS) is 15.8. The molecule has 0 bridgehead atoms. The average molecular weight is 256 g/mol. The van der Waals surface area contributed by atoms with E-state index < -0.39 is 16.0 Å². The lowest BCUT2D eigenvalue weighted by molar-refractivity contribution is 0.0697. The Labute approximate surface area is 98.5 Å². The minimum Gasteiger partial charge on any atom is -0.478 e. The predicted octanol–water partition coefficient (Wildman–Crippen LogP) is 0.408. The number of carboxylic acid groups (broad SMARTS) is 1. The van der Waals surface area contributed by atoms with Crippen molar-refractivity contribution in [3.63, 3.8) is 0 Å². The fourth-order valence-electron chi connectivity index (χ4n) is 1.41. The molecule has 0 amide bonds. The predicted molar refractivity (Wildman–Crippen MR) is 61.2 cm³/mol. The summed E-state index contributed by atoms with van der Waals surface area (Å²) in [7, 11) is -3.64. The van der Waals surface area contributed by atoms with E-state index in [9.17, 15) is 13.2 Å². The zero-order chi connectivity index (χ0) is 12.6. The molecule has 7 heteroatoms. The molecule has 0 aliphatic heterocycles. The zero-order valence-corrected chi connectivity index (χ0v) is 9.70. The van der Waals surface area contributed by atoms with E-state index in [-0.39, 0.29) is 22.2 Å². The van der Waals surface area contributed by atoms with E-state index in [1.807, 2.05) is 0 Å². The Morgan fingerprint density at radius 2 is 2.06 bits per heavy atom. The van der Waals surface area contributed by atoms with Crippen LogP contribution in [0.1, 0.15) is 23.2 Å². The van der Waals surface area contributed by atoms with Gasteiger partial charge in [0, 0.05) is 6.04 Å². The first-order valence-electron chi connectivity index (χ1n) is 5.05. The number of nitrogens with one attached hydrogen (secondary N) is 1. The van der Waals surface area contributed by atoms with E-state index >= 15 is 0 Å². The smallest absolute Gasteiger partial charge is 0.335 e. The molecule has 0 heterocycles. The van der Waals surface area contributed by atoms with Crippen molar-refractivity contribution < 1.29 is 18.3 Å². The lowest BCUT2D eigenvalue weighted by Crippen LogP contribution is -2.26. The summed E-state index contributed by atoms with van der Waals surface area (Å²) in [6, 6.07) is 3.56. The van der Waals surface area contributed by atoms with Gasteiger partial charge >= 0.3 is 5.97 Å². The second kappa shape index (κ2) is 4.01. The van der Waals surface area contributed by atoms with Gasteiger partial charge in [0.1, 0.15) is 4.90 Å². The minimum absolute atomic E-state index is 0.0152. The van der Waals surface area contributed by atoms with Crippen LogP contribution in [0.25, 0.3) is 0 Å². The molecule has 2 rings (SSSR count). The van der Waals surface area contributed by atoms with Crippen LogP contribution in [0, 0.1) is 0 Å². The van der Waals surface area contributed by atoms with Gasteiger partial charge in [0.05, 0.1) is 11.3 Å². The van der Waals surface area contributed by atoms with Crippen LogP contribution in [0.4, 0.5) is 5.69 Å². The van der Waals surface area contributed by atoms with Crippen LogP contribution >= 0.6 is 0 Å². The van der Waals surface area contributed by atoms with Crippen LogP contribution in [0.2, 0.25) is 0 Å². The van der Waals surface area contributed by atoms with Gasteiger partial charge in [0.25, 0.3) is 0 Å². The van der Waals surface area contributed by atoms with Crippen LogP contribution in [-0.4, -0.2) is 25.5 Å². The van der Waals surface area contributed by atoms with Crippen molar-refractivity contribution in [2.75, 3.05) is 5.73 Å². The van der Waals surface area contributed by atoms with Crippen molar-refractivity contribution >= 4 is 21.7 Å². The third kappa shape index (κ3) is 2.56. The number of anilines is 1. The Kier molecular flexibility index (Phi) is 2.80. The molecule has 0 radical (unpaired) electrons. The second-order valence-corrected chi connectivity index (χ2v) is 5.64. The first-order valence-corrected chi connectivity index (χ1v) is 6.53. The van der Waals surface area contributed by atoms with Crippen LogP contribution in [0.15, 0.2) is 23.1 Å². The molecule has 0 saturated heterocycles. The summed E-state index contributed by atoms with van der Waals surface area (Å²) >= 11 is 0. The second-order valence-electron chi connectivity index (χ2n) is 3.95. The third-order valence-electron chi connectivity index (χ3n) is 2.45. The maximum atomic E-state index is 11.8. The van der Waals surface area contributed by atoms with E-state index in [1.165, 1.54) is 12.1 Å². The van der Waals surface area contributed by atoms with Crippen molar-refractivity contribution in [1.82, 2.24) is 4.72 Å². The molecule has 1 aliphatic carbocycles. The molecule has 0 spiro atoms. The molecular formula is C10H12N2O4S. The monoisotopic (exact) mass is 256 g/mol. The molecule has 1 aliphatic rings. The van der Waals surface area contributed by atoms with Gasteiger partial charge in [-0.25, -0.2) is 17.9 Å². The molecule has 92 valence electrons. The van der Waals surface area contributed by atoms with Crippen molar-refractivity contribution in [3.8, 4) is 0 Å². The topological polar surface area (TPSA) is 109 Å². The van der Waals surface area contributed by atoms with Gasteiger partial charge in [-0.15, -0.1) is 0 Å². The molecule has 17 heavy (non-hydrogen) atoms. The van der Waals surface area contributed by atoms with Crippen LogP contribution in [0.3, 0.4) is 0 Å². The Morgan fingerprint density at radius 3 is 2.53 bits per heavy atom. The summed E-state index contributed by atoms with van der Waals surface area (Å²) in [5.41, 5.74) is 5.47.